The number of hydrogen-bond donors (Lipinski definition) is 8. The number of ether oxygens (including phenoxy) is 2. The Bertz CT molecular complexity index is 1150. The molecule has 0 aromatic heterocycles. The van der Waals surface area contributed by atoms with Crippen LogP contribution < -0.4 is 5.32 Å². The van der Waals surface area contributed by atoms with Gasteiger partial charge < -0.3 is 50.5 Å². The van der Waals surface area contributed by atoms with Crippen molar-refractivity contribution in [2.24, 2.45) is 23.7 Å². The van der Waals surface area contributed by atoms with Gasteiger partial charge in [0.2, 0.25) is 5.91 Å². The van der Waals surface area contributed by atoms with E-state index >= 15 is 0 Å². The Kier molecular flexibility index (Phi) is 24.1. The molecule has 300 valence electrons. The van der Waals surface area contributed by atoms with Crippen molar-refractivity contribution in [3.05, 3.63) is 0 Å². The molecule has 17 heteroatoms. The normalized spacial score (nSPS) is 16.5. The SMILES string of the molecule is CCCC[C@H](C)[C@H](OC(=O)C[C@@H](CC(=O)O)C(=O)O)[C@H](C[C@H](C)C[C@H](O)CCCCC[C@H](O)[C@H](O)CNC(C)=O)OC(=O)C[C@@H](CC(=O)O)C(=O)O. The number of aliphatic hydroxyl groups excluding tert-OH is 3. The van der Waals surface area contributed by atoms with Crippen LogP contribution in [0.4, 0.5) is 0 Å². The second-order valence-electron chi connectivity index (χ2n) is 13.7. The Balaban J connectivity index is 5.87. The molecular formula is C35H59NO16. The van der Waals surface area contributed by atoms with E-state index in [0.29, 0.717) is 38.5 Å². The molecule has 0 aliphatic heterocycles. The number of rotatable bonds is 30. The topological polar surface area (TPSA) is 292 Å². The third kappa shape index (κ3) is 22.2. The molecule has 0 saturated carbocycles. The zero-order chi connectivity index (χ0) is 40.0. The van der Waals surface area contributed by atoms with Gasteiger partial charge in [-0.05, 0) is 43.9 Å². The monoisotopic (exact) mass is 749 g/mol. The number of unbranched alkanes of at least 4 members (excludes halogenated alkanes) is 3. The maximum absolute atomic E-state index is 13.1. The van der Waals surface area contributed by atoms with Gasteiger partial charge in [0.1, 0.15) is 12.2 Å². The molecule has 0 rings (SSSR count). The third-order valence-corrected chi connectivity index (χ3v) is 8.71. The van der Waals surface area contributed by atoms with Gasteiger partial charge in [0.15, 0.2) is 0 Å². The number of esters is 2. The Morgan fingerprint density at radius 3 is 1.63 bits per heavy atom. The van der Waals surface area contributed by atoms with Crippen molar-refractivity contribution in [2.75, 3.05) is 6.54 Å². The summed E-state index contributed by atoms with van der Waals surface area (Å²) in [6, 6.07) is 0. The minimum Gasteiger partial charge on any atom is -0.481 e. The fourth-order valence-corrected chi connectivity index (χ4v) is 5.79. The highest BCUT2D eigenvalue weighted by Gasteiger charge is 2.37. The lowest BCUT2D eigenvalue weighted by molar-refractivity contribution is -0.177. The minimum atomic E-state index is -1.60. The molecule has 0 saturated heterocycles. The van der Waals surface area contributed by atoms with Crippen molar-refractivity contribution >= 4 is 41.7 Å². The number of carbonyl (C=O) groups is 7. The molecule has 52 heavy (non-hydrogen) atoms. The maximum Gasteiger partial charge on any atom is 0.307 e. The van der Waals surface area contributed by atoms with E-state index < -0.39 is 110 Å². The van der Waals surface area contributed by atoms with Crippen LogP contribution in [0.5, 0.6) is 0 Å². The van der Waals surface area contributed by atoms with Gasteiger partial charge in [-0.15, -0.1) is 0 Å². The lowest BCUT2D eigenvalue weighted by Gasteiger charge is -2.33. The first-order chi connectivity index (χ1) is 24.3. The minimum absolute atomic E-state index is 0.0176. The van der Waals surface area contributed by atoms with Gasteiger partial charge in [-0.25, -0.2) is 0 Å². The second kappa shape index (κ2) is 26.0. The zero-order valence-corrected chi connectivity index (χ0v) is 30.6. The number of nitrogens with one attached hydrogen (secondary N) is 1. The molecule has 0 aliphatic rings. The third-order valence-electron chi connectivity index (χ3n) is 8.71. The van der Waals surface area contributed by atoms with E-state index in [9.17, 15) is 59.1 Å². The van der Waals surface area contributed by atoms with Crippen LogP contribution in [0.1, 0.15) is 118 Å². The highest BCUT2D eigenvalue weighted by molar-refractivity contribution is 5.84. The van der Waals surface area contributed by atoms with Gasteiger partial charge in [-0.1, -0.05) is 52.9 Å². The number of aliphatic carboxylic acids is 4. The summed E-state index contributed by atoms with van der Waals surface area (Å²) in [5.74, 6) is -12.4. The maximum atomic E-state index is 13.1. The van der Waals surface area contributed by atoms with Gasteiger partial charge in [0.05, 0.1) is 55.8 Å². The smallest absolute Gasteiger partial charge is 0.307 e. The summed E-state index contributed by atoms with van der Waals surface area (Å²) in [6.07, 6.45) is -4.02. The molecule has 0 aromatic rings. The standard InChI is InChI=1S/C35H59NO16/c1-5-6-10-21(3)33(52-32(46)18-24(35(49)50)16-30(43)44)28(51-31(45)17-23(34(47)48)15-29(41)42)14-20(2)13-25(38)11-8-7-9-12-26(39)27(40)19-36-22(4)37/h20-21,23-28,33,38-40H,5-19H2,1-4H3,(H,36,37)(H,41,42)(H,43,44)(H,47,48)(H,49,50)/t20-,21+,23-,24-,25-,26+,27-,28+,33+/m1/s1. The number of hydrogen-bond acceptors (Lipinski definition) is 12. The average molecular weight is 750 g/mol. The fraction of sp³-hybridized carbons (Fsp3) is 0.800. The van der Waals surface area contributed by atoms with Crippen LogP contribution >= 0.6 is 0 Å². The molecule has 0 fully saturated rings. The summed E-state index contributed by atoms with van der Waals surface area (Å²) in [5.41, 5.74) is 0. The highest BCUT2D eigenvalue weighted by Crippen LogP contribution is 2.29. The van der Waals surface area contributed by atoms with E-state index in [0.717, 1.165) is 6.42 Å². The number of aliphatic hydroxyl groups is 3. The average Bonchev–Trinajstić information content (AvgIpc) is 3.03. The Morgan fingerprint density at radius 1 is 0.635 bits per heavy atom. The van der Waals surface area contributed by atoms with Crippen LogP contribution in [-0.2, 0) is 43.0 Å². The number of carbonyl (C=O) groups excluding carboxylic acids is 3. The van der Waals surface area contributed by atoms with Crippen LogP contribution in [-0.4, -0.2) is 115 Å². The van der Waals surface area contributed by atoms with Crippen LogP contribution in [0.25, 0.3) is 0 Å². The number of carboxylic acids is 4. The zero-order valence-electron chi connectivity index (χ0n) is 30.6. The largest absolute Gasteiger partial charge is 0.481 e. The van der Waals surface area contributed by atoms with Gasteiger partial charge in [0, 0.05) is 13.5 Å². The first-order valence-electron chi connectivity index (χ1n) is 17.8. The molecule has 17 nitrogen and oxygen atoms in total. The first kappa shape index (κ1) is 48.2. The molecule has 0 unspecified atom stereocenters. The van der Waals surface area contributed by atoms with E-state index in [-0.39, 0.29) is 37.6 Å². The van der Waals surface area contributed by atoms with Crippen molar-refractivity contribution in [1.29, 1.82) is 0 Å². The fourth-order valence-electron chi connectivity index (χ4n) is 5.79. The van der Waals surface area contributed by atoms with Crippen molar-refractivity contribution in [3.63, 3.8) is 0 Å². The van der Waals surface area contributed by atoms with Crippen molar-refractivity contribution in [2.45, 2.75) is 148 Å². The Hall–Kier alpha value is -3.83. The summed E-state index contributed by atoms with van der Waals surface area (Å²) >= 11 is 0. The molecule has 0 bridgehead atoms. The first-order valence-corrected chi connectivity index (χ1v) is 17.8. The quantitative estimate of drug-likeness (QED) is 0.0386. The number of amides is 1. The van der Waals surface area contributed by atoms with Crippen LogP contribution in [0.15, 0.2) is 0 Å². The molecule has 0 heterocycles. The molecular weight excluding hydrogens is 690 g/mol. The van der Waals surface area contributed by atoms with E-state index in [1.54, 1.807) is 13.8 Å². The molecule has 8 N–H and O–H groups in total. The summed E-state index contributed by atoms with van der Waals surface area (Å²) in [5, 5.41) is 70.3. The predicted molar refractivity (Wildman–Crippen MR) is 183 cm³/mol. The van der Waals surface area contributed by atoms with Gasteiger partial charge >= 0.3 is 35.8 Å². The van der Waals surface area contributed by atoms with Crippen LogP contribution in [0, 0.1) is 23.7 Å². The van der Waals surface area contributed by atoms with E-state index in [1.807, 2.05) is 6.92 Å². The van der Waals surface area contributed by atoms with Gasteiger partial charge in [0.25, 0.3) is 0 Å². The molecule has 1 amide bonds. The summed E-state index contributed by atoms with van der Waals surface area (Å²) in [7, 11) is 0. The molecule has 0 aliphatic carbocycles. The number of carboxylic acid groups (broad SMARTS) is 4. The molecule has 9 atom stereocenters. The predicted octanol–water partition coefficient (Wildman–Crippen LogP) is 2.35. The van der Waals surface area contributed by atoms with Crippen LogP contribution in [0.3, 0.4) is 0 Å². The van der Waals surface area contributed by atoms with E-state index in [1.165, 1.54) is 6.92 Å². The van der Waals surface area contributed by atoms with Crippen molar-refractivity contribution in [3.8, 4) is 0 Å². The lowest BCUT2D eigenvalue weighted by Crippen LogP contribution is -2.42. The Morgan fingerprint density at radius 2 is 1.15 bits per heavy atom. The summed E-state index contributed by atoms with van der Waals surface area (Å²) in [4.78, 5) is 82.7. The summed E-state index contributed by atoms with van der Waals surface area (Å²) in [6.45, 7) is 6.62. The summed E-state index contributed by atoms with van der Waals surface area (Å²) < 4.78 is 11.4. The Labute approximate surface area is 304 Å². The molecule has 0 aromatic carbocycles. The van der Waals surface area contributed by atoms with Crippen molar-refractivity contribution < 1.29 is 78.8 Å². The van der Waals surface area contributed by atoms with Crippen molar-refractivity contribution in [1.82, 2.24) is 5.32 Å². The van der Waals surface area contributed by atoms with Crippen LogP contribution in [0.2, 0.25) is 0 Å². The lowest BCUT2D eigenvalue weighted by atomic mass is 9.87. The van der Waals surface area contributed by atoms with Gasteiger partial charge in [-0.3, -0.25) is 33.6 Å². The van der Waals surface area contributed by atoms with Gasteiger partial charge in [-0.2, -0.15) is 0 Å². The molecule has 0 spiro atoms. The van der Waals surface area contributed by atoms with E-state index in [2.05, 4.69) is 5.32 Å². The highest BCUT2D eigenvalue weighted by atomic mass is 16.6. The molecule has 0 radical (unpaired) electrons. The second-order valence-corrected chi connectivity index (χ2v) is 13.7. The van der Waals surface area contributed by atoms with E-state index in [4.69, 9.17) is 19.7 Å².